The maximum atomic E-state index is 14.1. The van der Waals surface area contributed by atoms with Crippen LogP contribution in [0.15, 0.2) is 49.1 Å². The Kier molecular flexibility index (Phi) is 4.85. The molecule has 0 radical (unpaired) electrons. The van der Waals surface area contributed by atoms with Gasteiger partial charge in [-0.3, -0.25) is 4.79 Å². The molecule has 2 aromatic carbocycles. The van der Waals surface area contributed by atoms with Crippen LogP contribution in [0.4, 0.5) is 8.78 Å². The number of ether oxygens (including phenoxy) is 2. The Balaban J connectivity index is 2.33. The molecule has 0 N–H and O–H groups in total. The number of halogens is 2. The lowest BCUT2D eigenvalue weighted by Crippen LogP contribution is -2.03. The SMILES string of the molecule is C=CC(=O)Oc1ccc(-c2ccc(OC(C)=O)cc2F)c(F)c1. The van der Waals surface area contributed by atoms with E-state index in [0.717, 1.165) is 18.2 Å². The van der Waals surface area contributed by atoms with Crippen molar-refractivity contribution >= 4 is 11.9 Å². The Morgan fingerprint density at radius 2 is 1.43 bits per heavy atom. The number of carbonyl (C=O) groups is 2. The molecule has 0 aliphatic rings. The summed E-state index contributed by atoms with van der Waals surface area (Å²) in [4.78, 5) is 21.9. The molecule has 0 aliphatic carbocycles. The zero-order valence-corrected chi connectivity index (χ0v) is 12.1. The number of benzene rings is 2. The van der Waals surface area contributed by atoms with Gasteiger partial charge in [-0.15, -0.1) is 0 Å². The van der Waals surface area contributed by atoms with Crippen molar-refractivity contribution in [3.05, 3.63) is 60.7 Å². The Morgan fingerprint density at radius 3 is 1.83 bits per heavy atom. The lowest BCUT2D eigenvalue weighted by atomic mass is 10.0. The second-order valence-corrected chi connectivity index (χ2v) is 4.50. The molecule has 2 rings (SSSR count). The third-order valence-electron chi connectivity index (χ3n) is 2.82. The molecule has 0 atom stereocenters. The summed E-state index contributed by atoms with van der Waals surface area (Å²) in [5.41, 5.74) is -0.0322. The first-order valence-corrected chi connectivity index (χ1v) is 6.53. The summed E-state index contributed by atoms with van der Waals surface area (Å²) in [6.07, 6.45) is 0.944. The van der Waals surface area contributed by atoms with Crippen LogP contribution >= 0.6 is 0 Å². The number of rotatable bonds is 4. The van der Waals surface area contributed by atoms with E-state index in [-0.39, 0.29) is 22.6 Å². The monoisotopic (exact) mass is 318 g/mol. The van der Waals surface area contributed by atoms with Crippen molar-refractivity contribution in [2.75, 3.05) is 0 Å². The van der Waals surface area contributed by atoms with Gasteiger partial charge in [-0.2, -0.15) is 0 Å². The van der Waals surface area contributed by atoms with Gasteiger partial charge in [0.1, 0.15) is 23.1 Å². The lowest BCUT2D eigenvalue weighted by molar-refractivity contribution is -0.132. The number of hydrogen-bond acceptors (Lipinski definition) is 4. The topological polar surface area (TPSA) is 52.6 Å². The summed E-state index contributed by atoms with van der Waals surface area (Å²) in [5, 5.41) is 0. The van der Waals surface area contributed by atoms with Crippen LogP contribution in [0.5, 0.6) is 11.5 Å². The van der Waals surface area contributed by atoms with Crippen molar-refractivity contribution in [1.29, 1.82) is 0 Å². The van der Waals surface area contributed by atoms with Gasteiger partial charge in [-0.1, -0.05) is 6.58 Å². The van der Waals surface area contributed by atoms with E-state index in [9.17, 15) is 18.4 Å². The second kappa shape index (κ2) is 6.83. The lowest BCUT2D eigenvalue weighted by Gasteiger charge is -2.09. The van der Waals surface area contributed by atoms with Gasteiger partial charge in [0.05, 0.1) is 0 Å². The molecule has 0 heterocycles. The molecule has 0 bridgehead atoms. The number of esters is 2. The van der Waals surface area contributed by atoms with Crippen LogP contribution in [0.3, 0.4) is 0 Å². The summed E-state index contributed by atoms with van der Waals surface area (Å²) in [7, 11) is 0. The Morgan fingerprint density at radius 1 is 0.957 bits per heavy atom. The highest BCUT2D eigenvalue weighted by molar-refractivity contribution is 5.83. The van der Waals surface area contributed by atoms with Crippen molar-refractivity contribution in [3.8, 4) is 22.6 Å². The van der Waals surface area contributed by atoms with E-state index in [1.807, 2.05) is 0 Å². The van der Waals surface area contributed by atoms with Crippen LogP contribution in [0.1, 0.15) is 6.92 Å². The molecule has 2 aromatic rings. The van der Waals surface area contributed by atoms with Gasteiger partial charge in [0.25, 0.3) is 0 Å². The molecule has 0 fully saturated rings. The zero-order valence-electron chi connectivity index (χ0n) is 12.1. The molecule has 6 heteroatoms. The zero-order chi connectivity index (χ0) is 17.0. The maximum Gasteiger partial charge on any atom is 0.335 e. The standard InChI is InChI=1S/C17H12F2O4/c1-3-17(21)23-12-5-7-14(16(19)9-12)13-6-4-11(8-15(13)18)22-10(2)20/h3-9H,1H2,2H3. The molecule has 0 amide bonds. The van der Waals surface area contributed by atoms with Gasteiger partial charge in [0.2, 0.25) is 0 Å². The average Bonchev–Trinajstić information content (AvgIpc) is 2.47. The first-order valence-electron chi connectivity index (χ1n) is 6.53. The van der Waals surface area contributed by atoms with E-state index in [0.29, 0.717) is 0 Å². The van der Waals surface area contributed by atoms with Crippen molar-refractivity contribution in [2.24, 2.45) is 0 Å². The summed E-state index contributed by atoms with van der Waals surface area (Å²) in [5.74, 6) is -2.83. The minimum absolute atomic E-state index is 0.0139. The van der Waals surface area contributed by atoms with Gasteiger partial charge in [0.15, 0.2) is 0 Å². The molecule has 23 heavy (non-hydrogen) atoms. The normalized spacial score (nSPS) is 10.0. The molecular formula is C17H12F2O4. The van der Waals surface area contributed by atoms with Crippen LogP contribution in [0.2, 0.25) is 0 Å². The molecule has 0 unspecified atom stereocenters. The maximum absolute atomic E-state index is 14.1. The number of hydrogen-bond donors (Lipinski definition) is 0. The van der Waals surface area contributed by atoms with E-state index in [4.69, 9.17) is 9.47 Å². The van der Waals surface area contributed by atoms with Crippen LogP contribution in [0, 0.1) is 11.6 Å². The second-order valence-electron chi connectivity index (χ2n) is 4.50. The first-order chi connectivity index (χ1) is 10.9. The highest BCUT2D eigenvalue weighted by Gasteiger charge is 2.13. The van der Waals surface area contributed by atoms with Crippen molar-refractivity contribution < 1.29 is 27.8 Å². The van der Waals surface area contributed by atoms with Crippen molar-refractivity contribution in [2.45, 2.75) is 6.92 Å². The molecule has 0 aliphatic heterocycles. The van der Waals surface area contributed by atoms with E-state index >= 15 is 0 Å². The summed E-state index contributed by atoms with van der Waals surface area (Å²) in [6.45, 7) is 4.42. The smallest absolute Gasteiger partial charge is 0.335 e. The summed E-state index contributed by atoms with van der Waals surface area (Å²) < 4.78 is 37.7. The molecule has 0 spiro atoms. The highest BCUT2D eigenvalue weighted by Crippen LogP contribution is 2.30. The van der Waals surface area contributed by atoms with Crippen molar-refractivity contribution in [3.63, 3.8) is 0 Å². The molecule has 4 nitrogen and oxygen atoms in total. The van der Waals surface area contributed by atoms with Crippen LogP contribution in [-0.4, -0.2) is 11.9 Å². The third kappa shape index (κ3) is 4.00. The van der Waals surface area contributed by atoms with E-state index in [1.165, 1.54) is 31.2 Å². The minimum Gasteiger partial charge on any atom is -0.427 e. The van der Waals surface area contributed by atoms with E-state index < -0.39 is 23.6 Å². The van der Waals surface area contributed by atoms with Crippen LogP contribution in [0.25, 0.3) is 11.1 Å². The van der Waals surface area contributed by atoms with Crippen LogP contribution < -0.4 is 9.47 Å². The Bertz CT molecular complexity index is 784. The van der Waals surface area contributed by atoms with Gasteiger partial charge in [-0.25, -0.2) is 13.6 Å². The molecule has 0 saturated heterocycles. The van der Waals surface area contributed by atoms with E-state index in [1.54, 1.807) is 0 Å². The molecule has 0 aromatic heterocycles. The molecule has 0 saturated carbocycles. The average molecular weight is 318 g/mol. The van der Waals surface area contributed by atoms with E-state index in [2.05, 4.69) is 6.58 Å². The summed E-state index contributed by atoms with van der Waals surface area (Å²) >= 11 is 0. The minimum atomic E-state index is -0.765. The van der Waals surface area contributed by atoms with Gasteiger partial charge >= 0.3 is 11.9 Å². The Hall–Kier alpha value is -3.02. The quantitative estimate of drug-likeness (QED) is 0.490. The predicted octanol–water partition coefficient (Wildman–Crippen LogP) is 3.65. The fraction of sp³-hybridized carbons (Fsp3) is 0.0588. The van der Waals surface area contributed by atoms with Crippen molar-refractivity contribution in [1.82, 2.24) is 0 Å². The predicted molar refractivity (Wildman–Crippen MR) is 78.9 cm³/mol. The first kappa shape index (κ1) is 16.4. The highest BCUT2D eigenvalue weighted by atomic mass is 19.1. The third-order valence-corrected chi connectivity index (χ3v) is 2.82. The Labute approximate surface area is 131 Å². The molecular weight excluding hydrogens is 306 g/mol. The largest absolute Gasteiger partial charge is 0.427 e. The van der Waals surface area contributed by atoms with Gasteiger partial charge in [0, 0.05) is 36.3 Å². The molecule has 118 valence electrons. The fourth-order valence-corrected chi connectivity index (χ4v) is 1.88. The fourth-order valence-electron chi connectivity index (χ4n) is 1.88. The number of carbonyl (C=O) groups excluding carboxylic acids is 2. The van der Waals surface area contributed by atoms with Gasteiger partial charge < -0.3 is 9.47 Å². The summed E-state index contributed by atoms with van der Waals surface area (Å²) in [6, 6.07) is 7.22. The van der Waals surface area contributed by atoms with Gasteiger partial charge in [-0.05, 0) is 24.3 Å². The van der Waals surface area contributed by atoms with Crippen LogP contribution in [-0.2, 0) is 9.59 Å².